The van der Waals surface area contributed by atoms with Crippen LogP contribution in [0.2, 0.25) is 0 Å². The highest BCUT2D eigenvalue weighted by atomic mass is 16.3. The minimum Gasteiger partial charge on any atom is -0.456 e. The predicted octanol–water partition coefficient (Wildman–Crippen LogP) is 5.64. The molecule has 5 heteroatoms. The first-order valence-corrected chi connectivity index (χ1v) is 9.45. The van der Waals surface area contributed by atoms with Gasteiger partial charge in [0.2, 0.25) is 0 Å². The van der Waals surface area contributed by atoms with Crippen LogP contribution < -0.4 is 5.32 Å². The van der Waals surface area contributed by atoms with Gasteiger partial charge in [0.15, 0.2) is 0 Å². The molecule has 1 amide bonds. The van der Waals surface area contributed by atoms with Crippen molar-refractivity contribution >= 4 is 33.5 Å². The summed E-state index contributed by atoms with van der Waals surface area (Å²) in [6.07, 6.45) is 0. The first-order valence-electron chi connectivity index (χ1n) is 9.45. The number of anilines is 1. The zero-order valence-electron chi connectivity index (χ0n) is 16.1. The molecular weight excluding hydrogens is 362 g/mol. The van der Waals surface area contributed by atoms with Crippen LogP contribution in [0.3, 0.4) is 0 Å². The average Bonchev–Trinajstić information content (AvgIpc) is 3.27. The number of furan rings is 1. The van der Waals surface area contributed by atoms with Gasteiger partial charge in [-0.3, -0.25) is 4.79 Å². The van der Waals surface area contributed by atoms with Crippen molar-refractivity contribution in [2.24, 2.45) is 0 Å². The fourth-order valence-electron chi connectivity index (χ4n) is 3.65. The van der Waals surface area contributed by atoms with Crippen LogP contribution in [-0.4, -0.2) is 15.7 Å². The summed E-state index contributed by atoms with van der Waals surface area (Å²) in [5.74, 6) is -0.155. The maximum atomic E-state index is 12.7. The van der Waals surface area contributed by atoms with Gasteiger partial charge < -0.3 is 9.73 Å². The highest BCUT2D eigenvalue weighted by Crippen LogP contribution is 2.30. The van der Waals surface area contributed by atoms with Gasteiger partial charge in [-0.25, -0.2) is 4.68 Å². The van der Waals surface area contributed by atoms with Crippen LogP contribution in [0.1, 0.15) is 21.7 Å². The van der Waals surface area contributed by atoms with Gasteiger partial charge in [-0.15, -0.1) is 0 Å². The van der Waals surface area contributed by atoms with E-state index in [1.54, 1.807) is 0 Å². The summed E-state index contributed by atoms with van der Waals surface area (Å²) in [4.78, 5) is 12.7. The van der Waals surface area contributed by atoms with Crippen LogP contribution in [0.4, 0.5) is 5.69 Å². The molecule has 0 aliphatic rings. The third-order valence-corrected chi connectivity index (χ3v) is 5.02. The molecule has 0 atom stereocenters. The minimum atomic E-state index is -0.155. The van der Waals surface area contributed by atoms with E-state index in [2.05, 4.69) is 10.4 Å². The van der Waals surface area contributed by atoms with E-state index in [4.69, 9.17) is 4.42 Å². The Balaban J connectivity index is 1.41. The maximum Gasteiger partial charge on any atom is 0.255 e. The van der Waals surface area contributed by atoms with Gasteiger partial charge in [0.1, 0.15) is 11.2 Å². The van der Waals surface area contributed by atoms with Gasteiger partial charge in [-0.2, -0.15) is 5.10 Å². The van der Waals surface area contributed by atoms with Gasteiger partial charge in [0.05, 0.1) is 11.4 Å². The molecule has 0 aliphatic heterocycles. The number of aryl methyl sites for hydroxylation is 2. The number of aromatic nitrogens is 2. The molecule has 0 saturated heterocycles. The minimum absolute atomic E-state index is 0.155. The summed E-state index contributed by atoms with van der Waals surface area (Å²) < 4.78 is 7.71. The summed E-state index contributed by atoms with van der Waals surface area (Å²) >= 11 is 0. The summed E-state index contributed by atoms with van der Waals surface area (Å²) in [7, 11) is 0. The number of hydrogen-bond acceptors (Lipinski definition) is 3. The topological polar surface area (TPSA) is 60.1 Å². The lowest BCUT2D eigenvalue weighted by atomic mass is 10.1. The van der Waals surface area contributed by atoms with Crippen molar-refractivity contribution in [2.45, 2.75) is 13.8 Å². The van der Waals surface area contributed by atoms with Gasteiger partial charge >= 0.3 is 0 Å². The quantitative estimate of drug-likeness (QED) is 0.440. The molecule has 0 spiro atoms. The van der Waals surface area contributed by atoms with Gasteiger partial charge in [-0.05, 0) is 68.4 Å². The highest BCUT2D eigenvalue weighted by Gasteiger charge is 2.11. The van der Waals surface area contributed by atoms with Crippen LogP contribution in [0.5, 0.6) is 0 Å². The molecule has 5 nitrogen and oxygen atoms in total. The summed E-state index contributed by atoms with van der Waals surface area (Å²) in [6.45, 7) is 3.97. The monoisotopic (exact) mass is 381 g/mol. The number of amides is 1. The van der Waals surface area contributed by atoms with Crippen molar-refractivity contribution in [3.05, 3.63) is 89.7 Å². The lowest BCUT2D eigenvalue weighted by molar-refractivity contribution is 0.102. The van der Waals surface area contributed by atoms with Gasteiger partial charge in [0, 0.05) is 27.7 Å². The number of benzene rings is 3. The Morgan fingerprint density at radius 2 is 1.66 bits per heavy atom. The molecule has 0 aliphatic carbocycles. The Kier molecular flexibility index (Phi) is 3.95. The highest BCUT2D eigenvalue weighted by molar-refractivity contribution is 6.09. The molecule has 0 bridgehead atoms. The molecule has 2 heterocycles. The number of rotatable bonds is 3. The second-order valence-electron chi connectivity index (χ2n) is 7.15. The second-order valence-corrected chi connectivity index (χ2v) is 7.15. The zero-order chi connectivity index (χ0) is 20.0. The SMILES string of the molecule is Cc1cc(C)n(-c2ccc(C(=O)Nc3ccc4oc5ccccc5c4c3)cc2)n1. The van der Waals surface area contributed by atoms with E-state index in [0.29, 0.717) is 5.56 Å². The number of carbonyl (C=O) groups excluding carboxylic acids is 1. The first kappa shape index (κ1) is 17.3. The molecule has 0 radical (unpaired) electrons. The van der Waals surface area contributed by atoms with E-state index in [1.165, 1.54) is 0 Å². The first-order chi connectivity index (χ1) is 14.1. The molecule has 3 aromatic carbocycles. The van der Waals surface area contributed by atoms with E-state index in [-0.39, 0.29) is 5.91 Å². The van der Waals surface area contributed by atoms with Crippen LogP contribution in [-0.2, 0) is 0 Å². The number of para-hydroxylation sites is 1. The fourth-order valence-corrected chi connectivity index (χ4v) is 3.65. The second kappa shape index (κ2) is 6.63. The van der Waals surface area contributed by atoms with Gasteiger partial charge in [0.25, 0.3) is 5.91 Å². The molecular formula is C24H19N3O2. The van der Waals surface area contributed by atoms with Crippen LogP contribution in [0.15, 0.2) is 77.2 Å². The standard InChI is InChI=1S/C24H19N3O2/c1-15-13-16(2)27(26-15)19-10-7-17(8-11-19)24(28)25-18-9-12-23-21(14-18)20-5-3-4-6-22(20)29-23/h3-14H,1-2H3,(H,25,28). The summed E-state index contributed by atoms with van der Waals surface area (Å²) in [5.41, 5.74) is 5.92. The van der Waals surface area contributed by atoms with E-state index in [0.717, 1.165) is 44.7 Å². The lowest BCUT2D eigenvalue weighted by Gasteiger charge is -2.08. The van der Waals surface area contributed by atoms with E-state index in [9.17, 15) is 4.79 Å². The lowest BCUT2D eigenvalue weighted by Crippen LogP contribution is -2.12. The summed E-state index contributed by atoms with van der Waals surface area (Å²) in [5, 5.41) is 9.47. The van der Waals surface area contributed by atoms with Gasteiger partial charge in [-0.1, -0.05) is 18.2 Å². The maximum absolute atomic E-state index is 12.7. The van der Waals surface area contributed by atoms with E-state index in [1.807, 2.05) is 91.3 Å². The molecule has 0 saturated carbocycles. The van der Waals surface area contributed by atoms with Crippen molar-refractivity contribution in [3.63, 3.8) is 0 Å². The third kappa shape index (κ3) is 3.06. The molecule has 5 rings (SSSR count). The van der Waals surface area contributed by atoms with Crippen molar-refractivity contribution in [3.8, 4) is 5.69 Å². The Morgan fingerprint density at radius 3 is 2.41 bits per heavy atom. The normalized spacial score (nSPS) is 11.2. The molecule has 142 valence electrons. The Labute approximate surface area is 167 Å². The molecule has 5 aromatic rings. The molecule has 0 unspecified atom stereocenters. The van der Waals surface area contributed by atoms with E-state index >= 15 is 0 Å². The Morgan fingerprint density at radius 1 is 0.897 bits per heavy atom. The Bertz CT molecular complexity index is 1360. The molecule has 0 fully saturated rings. The fraction of sp³-hybridized carbons (Fsp3) is 0.0833. The van der Waals surface area contributed by atoms with Crippen molar-refractivity contribution < 1.29 is 9.21 Å². The zero-order valence-corrected chi connectivity index (χ0v) is 16.1. The number of hydrogen-bond donors (Lipinski definition) is 1. The van der Waals surface area contributed by atoms with Crippen molar-refractivity contribution in [2.75, 3.05) is 5.32 Å². The average molecular weight is 381 g/mol. The number of nitrogens with zero attached hydrogens (tertiary/aromatic N) is 2. The summed E-state index contributed by atoms with van der Waals surface area (Å²) in [6, 6.07) is 23.0. The number of carbonyl (C=O) groups is 1. The van der Waals surface area contributed by atoms with Crippen molar-refractivity contribution in [1.29, 1.82) is 0 Å². The van der Waals surface area contributed by atoms with Crippen molar-refractivity contribution in [1.82, 2.24) is 9.78 Å². The molecule has 29 heavy (non-hydrogen) atoms. The van der Waals surface area contributed by atoms with Crippen LogP contribution >= 0.6 is 0 Å². The smallest absolute Gasteiger partial charge is 0.255 e. The third-order valence-electron chi connectivity index (χ3n) is 5.02. The number of fused-ring (bicyclic) bond motifs is 3. The molecule has 2 aromatic heterocycles. The number of nitrogens with one attached hydrogen (secondary N) is 1. The largest absolute Gasteiger partial charge is 0.456 e. The molecule has 1 N–H and O–H groups in total. The van der Waals surface area contributed by atoms with E-state index < -0.39 is 0 Å². The van der Waals surface area contributed by atoms with Crippen LogP contribution in [0.25, 0.3) is 27.6 Å². The van der Waals surface area contributed by atoms with Crippen LogP contribution in [0, 0.1) is 13.8 Å². The predicted molar refractivity (Wildman–Crippen MR) is 115 cm³/mol. The Hall–Kier alpha value is -3.86.